The summed E-state index contributed by atoms with van der Waals surface area (Å²) < 4.78 is 13.8. The molecule has 3 rings (SSSR count). The lowest BCUT2D eigenvalue weighted by Gasteiger charge is -2.28. The van der Waals surface area contributed by atoms with Crippen molar-refractivity contribution >= 4 is 11.6 Å². The summed E-state index contributed by atoms with van der Waals surface area (Å²) in [5, 5.41) is 0.780. The molecule has 0 saturated heterocycles. The quantitative estimate of drug-likeness (QED) is 0.805. The zero-order valence-corrected chi connectivity index (χ0v) is 12.7. The van der Waals surface area contributed by atoms with Crippen LogP contribution in [0.4, 0.5) is 4.39 Å². The summed E-state index contributed by atoms with van der Waals surface area (Å²) in [5.74, 6) is -0.0603. The molecule has 110 valence electrons. The molecule has 3 heteroatoms. The highest BCUT2D eigenvalue weighted by Crippen LogP contribution is 2.22. The number of rotatable bonds is 4. The normalized spacial score (nSPS) is 15.0. The van der Waals surface area contributed by atoms with Crippen LogP contribution in [-0.2, 0) is 19.4 Å². The highest BCUT2D eigenvalue weighted by molar-refractivity contribution is 6.30. The molecule has 1 nitrogen and oxygen atoms in total. The first-order valence-corrected chi connectivity index (χ1v) is 7.83. The molecule has 1 aliphatic heterocycles. The third-order valence-electron chi connectivity index (χ3n) is 4.15. The fourth-order valence-corrected chi connectivity index (χ4v) is 3.07. The van der Waals surface area contributed by atoms with E-state index >= 15 is 0 Å². The Morgan fingerprint density at radius 2 is 1.90 bits per heavy atom. The van der Waals surface area contributed by atoms with Crippen molar-refractivity contribution < 1.29 is 4.39 Å². The number of halogens is 2. The van der Waals surface area contributed by atoms with Crippen molar-refractivity contribution in [2.45, 2.75) is 25.8 Å². The molecule has 0 N–H and O–H groups in total. The Kier molecular flexibility index (Phi) is 4.57. The lowest BCUT2D eigenvalue weighted by Crippen LogP contribution is -2.32. The zero-order chi connectivity index (χ0) is 14.7. The third-order valence-corrected chi connectivity index (χ3v) is 4.40. The number of aryl methyl sites for hydroxylation is 1. The van der Waals surface area contributed by atoms with Crippen LogP contribution >= 0.6 is 11.6 Å². The van der Waals surface area contributed by atoms with Crippen LogP contribution in [0.25, 0.3) is 0 Å². The number of hydrogen-bond donors (Lipinski definition) is 0. The fourth-order valence-electron chi connectivity index (χ4n) is 2.94. The summed E-state index contributed by atoms with van der Waals surface area (Å²) in [5.41, 5.74) is 3.36. The standard InChI is InChI=1S/C18H19ClFN/c19-16-8-6-14(7-9-16)3-2-11-21-12-10-15-4-1-5-18(20)17(15)13-21/h1,4-9H,2-3,10-13H2. The molecule has 2 aromatic carbocycles. The van der Waals surface area contributed by atoms with Crippen molar-refractivity contribution in [3.63, 3.8) is 0 Å². The predicted molar refractivity (Wildman–Crippen MR) is 85.2 cm³/mol. The van der Waals surface area contributed by atoms with Crippen molar-refractivity contribution in [1.82, 2.24) is 4.90 Å². The largest absolute Gasteiger partial charge is 0.299 e. The van der Waals surface area contributed by atoms with Crippen molar-refractivity contribution in [2.24, 2.45) is 0 Å². The molecule has 2 aromatic rings. The van der Waals surface area contributed by atoms with Gasteiger partial charge >= 0.3 is 0 Å². The number of fused-ring (bicyclic) bond motifs is 1. The van der Waals surface area contributed by atoms with Crippen LogP contribution in [0.1, 0.15) is 23.1 Å². The fraction of sp³-hybridized carbons (Fsp3) is 0.333. The average molecular weight is 304 g/mol. The summed E-state index contributed by atoms with van der Waals surface area (Å²) in [6.07, 6.45) is 3.08. The van der Waals surface area contributed by atoms with E-state index in [1.807, 2.05) is 24.3 Å². The Balaban J connectivity index is 1.53. The average Bonchev–Trinajstić information content (AvgIpc) is 2.50. The van der Waals surface area contributed by atoms with Gasteiger partial charge in [-0.05, 0) is 55.1 Å². The van der Waals surface area contributed by atoms with Gasteiger partial charge in [0.15, 0.2) is 0 Å². The molecule has 0 radical (unpaired) electrons. The van der Waals surface area contributed by atoms with Gasteiger partial charge in [0.05, 0.1) is 0 Å². The molecule has 0 amide bonds. The van der Waals surface area contributed by atoms with E-state index in [4.69, 9.17) is 11.6 Å². The number of hydrogen-bond acceptors (Lipinski definition) is 1. The Bertz CT molecular complexity index is 609. The lowest BCUT2D eigenvalue weighted by atomic mass is 9.99. The van der Waals surface area contributed by atoms with E-state index in [0.29, 0.717) is 0 Å². The van der Waals surface area contributed by atoms with Crippen LogP contribution in [0.5, 0.6) is 0 Å². The van der Waals surface area contributed by atoms with Crippen LogP contribution in [0, 0.1) is 5.82 Å². The molecule has 0 bridgehead atoms. The number of nitrogens with zero attached hydrogens (tertiary/aromatic N) is 1. The van der Waals surface area contributed by atoms with Crippen molar-refractivity contribution in [2.75, 3.05) is 13.1 Å². The molecular formula is C18H19ClFN. The monoisotopic (exact) mass is 303 g/mol. The second kappa shape index (κ2) is 6.59. The second-order valence-electron chi connectivity index (χ2n) is 5.63. The van der Waals surface area contributed by atoms with Gasteiger partial charge in [-0.1, -0.05) is 35.9 Å². The summed E-state index contributed by atoms with van der Waals surface area (Å²) in [4.78, 5) is 2.35. The van der Waals surface area contributed by atoms with Gasteiger partial charge in [0.25, 0.3) is 0 Å². The Hall–Kier alpha value is -1.38. The van der Waals surface area contributed by atoms with Gasteiger partial charge in [-0.2, -0.15) is 0 Å². The van der Waals surface area contributed by atoms with Gasteiger partial charge in [-0.3, -0.25) is 4.90 Å². The third kappa shape index (κ3) is 3.63. The first-order valence-electron chi connectivity index (χ1n) is 7.45. The molecule has 0 fully saturated rings. The highest BCUT2D eigenvalue weighted by atomic mass is 35.5. The SMILES string of the molecule is Fc1cccc2c1CN(CCCc1ccc(Cl)cc1)CC2. The minimum atomic E-state index is -0.0603. The first kappa shape index (κ1) is 14.6. The van der Waals surface area contributed by atoms with E-state index in [9.17, 15) is 4.39 Å². The minimum Gasteiger partial charge on any atom is -0.299 e. The van der Waals surface area contributed by atoms with Gasteiger partial charge in [0.1, 0.15) is 5.82 Å². The molecule has 1 heterocycles. The summed E-state index contributed by atoms with van der Waals surface area (Å²) in [7, 11) is 0. The summed E-state index contributed by atoms with van der Waals surface area (Å²) in [6, 6.07) is 13.4. The topological polar surface area (TPSA) is 3.24 Å². The molecule has 0 aliphatic carbocycles. The maximum Gasteiger partial charge on any atom is 0.127 e. The molecule has 0 aromatic heterocycles. The summed E-state index contributed by atoms with van der Waals surface area (Å²) >= 11 is 5.89. The van der Waals surface area contributed by atoms with Gasteiger partial charge in [0.2, 0.25) is 0 Å². The molecule has 0 saturated carbocycles. The molecule has 0 atom stereocenters. The minimum absolute atomic E-state index is 0.0603. The van der Waals surface area contributed by atoms with E-state index in [0.717, 1.165) is 49.5 Å². The van der Waals surface area contributed by atoms with E-state index in [1.165, 1.54) is 11.1 Å². The van der Waals surface area contributed by atoms with Crippen LogP contribution in [0.15, 0.2) is 42.5 Å². The molecule has 0 spiro atoms. The van der Waals surface area contributed by atoms with Crippen LogP contribution in [0.3, 0.4) is 0 Å². The van der Waals surface area contributed by atoms with Gasteiger partial charge in [-0.25, -0.2) is 4.39 Å². The van der Waals surface area contributed by atoms with Crippen LogP contribution in [0.2, 0.25) is 5.02 Å². The first-order chi connectivity index (χ1) is 10.2. The van der Waals surface area contributed by atoms with Crippen molar-refractivity contribution in [3.8, 4) is 0 Å². The Labute approximate surface area is 130 Å². The van der Waals surface area contributed by atoms with Gasteiger partial charge in [0, 0.05) is 23.7 Å². The van der Waals surface area contributed by atoms with Crippen molar-refractivity contribution in [1.29, 1.82) is 0 Å². The van der Waals surface area contributed by atoms with Gasteiger partial charge < -0.3 is 0 Å². The van der Waals surface area contributed by atoms with Crippen molar-refractivity contribution in [3.05, 3.63) is 70.0 Å². The molecule has 21 heavy (non-hydrogen) atoms. The van der Waals surface area contributed by atoms with E-state index in [1.54, 1.807) is 6.07 Å². The Morgan fingerprint density at radius 1 is 1.10 bits per heavy atom. The van der Waals surface area contributed by atoms with Gasteiger partial charge in [-0.15, -0.1) is 0 Å². The maximum absolute atomic E-state index is 13.8. The van der Waals surface area contributed by atoms with E-state index < -0.39 is 0 Å². The van der Waals surface area contributed by atoms with Crippen LogP contribution in [-0.4, -0.2) is 18.0 Å². The maximum atomic E-state index is 13.8. The highest BCUT2D eigenvalue weighted by Gasteiger charge is 2.18. The molecular weight excluding hydrogens is 285 g/mol. The molecule has 0 unspecified atom stereocenters. The zero-order valence-electron chi connectivity index (χ0n) is 12.0. The number of benzene rings is 2. The second-order valence-corrected chi connectivity index (χ2v) is 6.07. The Morgan fingerprint density at radius 3 is 2.71 bits per heavy atom. The van der Waals surface area contributed by atoms with Crippen LogP contribution < -0.4 is 0 Å². The summed E-state index contributed by atoms with van der Waals surface area (Å²) in [6.45, 7) is 2.77. The smallest absolute Gasteiger partial charge is 0.127 e. The lowest BCUT2D eigenvalue weighted by molar-refractivity contribution is 0.246. The van der Waals surface area contributed by atoms with E-state index in [-0.39, 0.29) is 5.82 Å². The predicted octanol–water partition coefficient (Wildman–Crippen LogP) is 4.47. The van der Waals surface area contributed by atoms with E-state index in [2.05, 4.69) is 17.0 Å². The molecule has 1 aliphatic rings.